The standard InChI is InChI=1S/C20H23NO3/c1-15-8-3-5-10-18(15)23-13-7-12-20(22)21-16(2)14-24-19-11-6-4-9-17(19)21/h3-6,8-11,16H,7,12-14H2,1-2H3/t16-/m0/s1. The summed E-state index contributed by atoms with van der Waals surface area (Å²) in [4.78, 5) is 14.5. The lowest BCUT2D eigenvalue weighted by atomic mass is 10.1. The fourth-order valence-corrected chi connectivity index (χ4v) is 2.93. The van der Waals surface area contributed by atoms with Gasteiger partial charge in [0.1, 0.15) is 18.1 Å². The van der Waals surface area contributed by atoms with Crippen LogP contribution >= 0.6 is 0 Å². The van der Waals surface area contributed by atoms with Gasteiger partial charge in [-0.1, -0.05) is 30.3 Å². The summed E-state index contributed by atoms with van der Waals surface area (Å²) in [7, 11) is 0. The van der Waals surface area contributed by atoms with Crippen molar-refractivity contribution in [1.82, 2.24) is 0 Å². The van der Waals surface area contributed by atoms with Crippen LogP contribution in [0.2, 0.25) is 0 Å². The first-order chi connectivity index (χ1) is 11.7. The van der Waals surface area contributed by atoms with E-state index in [0.717, 1.165) is 22.7 Å². The minimum atomic E-state index is 0.0460. The second kappa shape index (κ2) is 7.39. The van der Waals surface area contributed by atoms with Gasteiger partial charge in [-0.25, -0.2) is 0 Å². The van der Waals surface area contributed by atoms with Gasteiger partial charge in [-0.3, -0.25) is 4.79 Å². The normalized spacial score (nSPS) is 16.2. The second-order valence-electron chi connectivity index (χ2n) is 6.11. The number of anilines is 1. The van der Waals surface area contributed by atoms with Crippen LogP contribution in [0.5, 0.6) is 11.5 Å². The van der Waals surface area contributed by atoms with Crippen LogP contribution in [0.3, 0.4) is 0 Å². The van der Waals surface area contributed by atoms with E-state index in [1.54, 1.807) is 0 Å². The van der Waals surface area contributed by atoms with Crippen LogP contribution in [0.25, 0.3) is 0 Å². The number of carbonyl (C=O) groups is 1. The molecule has 2 aromatic rings. The summed E-state index contributed by atoms with van der Waals surface area (Å²) in [6.07, 6.45) is 1.16. The molecular weight excluding hydrogens is 302 g/mol. The van der Waals surface area contributed by atoms with Crippen LogP contribution in [-0.2, 0) is 4.79 Å². The van der Waals surface area contributed by atoms with E-state index >= 15 is 0 Å². The summed E-state index contributed by atoms with van der Waals surface area (Å²) >= 11 is 0. The number of hydrogen-bond donors (Lipinski definition) is 0. The Morgan fingerprint density at radius 3 is 2.79 bits per heavy atom. The minimum Gasteiger partial charge on any atom is -0.493 e. The molecule has 0 fully saturated rings. The summed E-state index contributed by atoms with van der Waals surface area (Å²) in [6.45, 7) is 5.10. The maximum Gasteiger partial charge on any atom is 0.227 e. The number of rotatable bonds is 5. The Bertz CT molecular complexity index is 714. The molecule has 0 saturated heterocycles. The third-order valence-electron chi connectivity index (χ3n) is 4.20. The molecule has 1 aliphatic rings. The van der Waals surface area contributed by atoms with Crippen molar-refractivity contribution in [3.63, 3.8) is 0 Å². The van der Waals surface area contributed by atoms with Crippen molar-refractivity contribution in [3.8, 4) is 11.5 Å². The molecule has 3 rings (SSSR count). The molecule has 0 radical (unpaired) electrons. The molecule has 1 heterocycles. The van der Waals surface area contributed by atoms with Gasteiger partial charge in [0.05, 0.1) is 18.3 Å². The van der Waals surface area contributed by atoms with Gasteiger partial charge in [0.15, 0.2) is 0 Å². The Labute approximate surface area is 143 Å². The van der Waals surface area contributed by atoms with Gasteiger partial charge in [0.25, 0.3) is 0 Å². The zero-order valence-electron chi connectivity index (χ0n) is 14.2. The van der Waals surface area contributed by atoms with Crippen molar-refractivity contribution < 1.29 is 14.3 Å². The summed E-state index contributed by atoms with van der Waals surface area (Å²) in [6, 6.07) is 15.7. The number of amides is 1. The Hall–Kier alpha value is -2.49. The highest BCUT2D eigenvalue weighted by atomic mass is 16.5. The topological polar surface area (TPSA) is 38.8 Å². The lowest BCUT2D eigenvalue weighted by molar-refractivity contribution is -0.119. The van der Waals surface area contributed by atoms with E-state index in [4.69, 9.17) is 9.47 Å². The molecule has 4 heteroatoms. The maximum atomic E-state index is 12.7. The third kappa shape index (κ3) is 3.53. The first-order valence-electron chi connectivity index (χ1n) is 8.39. The molecule has 1 amide bonds. The Kier molecular flexibility index (Phi) is 5.04. The molecule has 0 bridgehead atoms. The zero-order valence-corrected chi connectivity index (χ0v) is 14.2. The fourth-order valence-electron chi connectivity index (χ4n) is 2.93. The fraction of sp³-hybridized carbons (Fsp3) is 0.350. The summed E-state index contributed by atoms with van der Waals surface area (Å²) in [5.74, 6) is 1.78. The second-order valence-corrected chi connectivity index (χ2v) is 6.11. The molecule has 4 nitrogen and oxygen atoms in total. The predicted octanol–water partition coefficient (Wildman–Crippen LogP) is 3.97. The van der Waals surface area contributed by atoms with Crippen molar-refractivity contribution in [2.24, 2.45) is 0 Å². The number of para-hydroxylation sites is 3. The van der Waals surface area contributed by atoms with E-state index in [0.29, 0.717) is 26.1 Å². The molecule has 0 saturated carbocycles. The summed E-state index contributed by atoms with van der Waals surface area (Å²) < 4.78 is 11.5. The van der Waals surface area contributed by atoms with Crippen molar-refractivity contribution in [2.75, 3.05) is 18.1 Å². The van der Waals surface area contributed by atoms with E-state index in [1.165, 1.54) is 0 Å². The highest BCUT2D eigenvalue weighted by Gasteiger charge is 2.28. The van der Waals surface area contributed by atoms with Crippen LogP contribution < -0.4 is 14.4 Å². The van der Waals surface area contributed by atoms with Crippen LogP contribution in [-0.4, -0.2) is 25.2 Å². The van der Waals surface area contributed by atoms with Crippen molar-refractivity contribution >= 4 is 11.6 Å². The van der Waals surface area contributed by atoms with Crippen LogP contribution in [0.1, 0.15) is 25.3 Å². The van der Waals surface area contributed by atoms with E-state index in [9.17, 15) is 4.79 Å². The van der Waals surface area contributed by atoms with Crippen LogP contribution in [0, 0.1) is 6.92 Å². The molecule has 2 aromatic carbocycles. The van der Waals surface area contributed by atoms with Crippen LogP contribution in [0.4, 0.5) is 5.69 Å². The molecule has 1 atom stereocenters. The molecule has 0 spiro atoms. The predicted molar refractivity (Wildman–Crippen MR) is 94.8 cm³/mol. The van der Waals surface area contributed by atoms with Crippen molar-refractivity contribution in [1.29, 1.82) is 0 Å². The van der Waals surface area contributed by atoms with E-state index in [1.807, 2.05) is 67.3 Å². The molecule has 24 heavy (non-hydrogen) atoms. The van der Waals surface area contributed by atoms with E-state index < -0.39 is 0 Å². The minimum absolute atomic E-state index is 0.0460. The van der Waals surface area contributed by atoms with Gasteiger partial charge in [-0.05, 0) is 44.0 Å². The highest BCUT2D eigenvalue weighted by Crippen LogP contribution is 2.33. The number of hydrogen-bond acceptors (Lipinski definition) is 3. The SMILES string of the molecule is Cc1ccccc1OCCCC(=O)N1c2ccccc2OC[C@@H]1C. The number of aryl methyl sites for hydroxylation is 1. The quantitative estimate of drug-likeness (QED) is 0.781. The smallest absolute Gasteiger partial charge is 0.227 e. The lowest BCUT2D eigenvalue weighted by Crippen LogP contribution is -2.45. The number of nitrogens with zero attached hydrogens (tertiary/aromatic N) is 1. The van der Waals surface area contributed by atoms with E-state index in [-0.39, 0.29) is 11.9 Å². The average molecular weight is 325 g/mol. The molecule has 0 aromatic heterocycles. The first kappa shape index (κ1) is 16.4. The largest absolute Gasteiger partial charge is 0.493 e. The summed E-state index contributed by atoms with van der Waals surface area (Å²) in [5.41, 5.74) is 1.97. The third-order valence-corrected chi connectivity index (χ3v) is 4.20. The van der Waals surface area contributed by atoms with Gasteiger partial charge in [0.2, 0.25) is 5.91 Å². The highest BCUT2D eigenvalue weighted by molar-refractivity contribution is 5.95. The van der Waals surface area contributed by atoms with Crippen molar-refractivity contribution in [2.45, 2.75) is 32.7 Å². The Morgan fingerprint density at radius 2 is 1.96 bits per heavy atom. The Morgan fingerprint density at radius 1 is 1.21 bits per heavy atom. The van der Waals surface area contributed by atoms with Crippen LogP contribution in [0.15, 0.2) is 48.5 Å². The van der Waals surface area contributed by atoms with Gasteiger partial charge in [0, 0.05) is 6.42 Å². The lowest BCUT2D eigenvalue weighted by Gasteiger charge is -2.35. The number of carbonyl (C=O) groups excluding carboxylic acids is 1. The molecule has 0 unspecified atom stereocenters. The zero-order chi connectivity index (χ0) is 16.9. The van der Waals surface area contributed by atoms with Gasteiger partial charge in [-0.2, -0.15) is 0 Å². The maximum absolute atomic E-state index is 12.7. The monoisotopic (exact) mass is 325 g/mol. The summed E-state index contributed by atoms with van der Waals surface area (Å²) in [5, 5.41) is 0. The number of fused-ring (bicyclic) bond motifs is 1. The van der Waals surface area contributed by atoms with Gasteiger partial charge >= 0.3 is 0 Å². The molecule has 0 N–H and O–H groups in total. The van der Waals surface area contributed by atoms with Crippen molar-refractivity contribution in [3.05, 3.63) is 54.1 Å². The van der Waals surface area contributed by atoms with Gasteiger partial charge in [-0.15, -0.1) is 0 Å². The molecule has 1 aliphatic heterocycles. The molecule has 0 aliphatic carbocycles. The number of ether oxygens (including phenoxy) is 2. The average Bonchev–Trinajstić information content (AvgIpc) is 2.60. The van der Waals surface area contributed by atoms with Gasteiger partial charge < -0.3 is 14.4 Å². The number of benzene rings is 2. The first-order valence-corrected chi connectivity index (χ1v) is 8.39. The molecular formula is C20H23NO3. The Balaban J connectivity index is 1.56. The van der Waals surface area contributed by atoms with E-state index in [2.05, 4.69) is 0 Å². The molecule has 126 valence electrons.